The van der Waals surface area contributed by atoms with Gasteiger partial charge in [0.25, 0.3) is 5.91 Å². The van der Waals surface area contributed by atoms with Crippen LogP contribution in [0.15, 0.2) is 48.2 Å². The molecule has 0 bridgehead atoms. The van der Waals surface area contributed by atoms with Gasteiger partial charge in [-0.2, -0.15) is 0 Å². The van der Waals surface area contributed by atoms with E-state index in [2.05, 4.69) is 47.3 Å². The highest BCUT2D eigenvalue weighted by Crippen LogP contribution is 2.46. The molecule has 1 fully saturated rings. The maximum Gasteiger partial charge on any atom is 0.253 e. The van der Waals surface area contributed by atoms with Crippen molar-refractivity contribution >= 4 is 38.8 Å². The first-order valence-corrected chi connectivity index (χ1v) is 12.4. The van der Waals surface area contributed by atoms with Crippen molar-refractivity contribution in [3.05, 3.63) is 58.7 Å². The van der Waals surface area contributed by atoms with Gasteiger partial charge in [0.1, 0.15) is 5.75 Å². The number of allylic oxidation sites excluding steroid dienone is 1. The molecule has 2 aliphatic rings. The number of aryl methyl sites for hydroxylation is 1. The van der Waals surface area contributed by atoms with Crippen molar-refractivity contribution < 1.29 is 9.53 Å². The van der Waals surface area contributed by atoms with E-state index >= 15 is 0 Å². The Bertz CT molecular complexity index is 1240. The number of hydrogen-bond donors (Lipinski definition) is 1. The Labute approximate surface area is 198 Å². The standard InChI is InChI=1S/C26H30N4O2S/c1-5-24-26(28-21-16-19(32-4)8-10-22(21)30(24)6-2)11-13-29(14-12-26)25(31)18-7-9-20-23(15-18)33-17(3)27-20/h5,7-10,15-16,28H,6,11-14H2,1-4H3/b24-5-. The van der Waals surface area contributed by atoms with Gasteiger partial charge in [0.05, 0.1) is 39.2 Å². The maximum absolute atomic E-state index is 13.3. The van der Waals surface area contributed by atoms with Crippen LogP contribution in [0.2, 0.25) is 0 Å². The molecule has 3 aromatic rings. The van der Waals surface area contributed by atoms with Crippen LogP contribution in [-0.2, 0) is 0 Å². The second-order valence-electron chi connectivity index (χ2n) is 8.72. The Morgan fingerprint density at radius 3 is 2.73 bits per heavy atom. The lowest BCUT2D eigenvalue weighted by Gasteiger charge is -2.51. The third kappa shape index (κ3) is 3.64. The van der Waals surface area contributed by atoms with Gasteiger partial charge in [-0.05, 0) is 63.9 Å². The van der Waals surface area contributed by atoms with Gasteiger partial charge in [-0.15, -0.1) is 11.3 Å². The van der Waals surface area contributed by atoms with E-state index in [-0.39, 0.29) is 11.4 Å². The molecule has 7 heteroatoms. The molecule has 1 aromatic heterocycles. The van der Waals surface area contributed by atoms with Crippen molar-refractivity contribution in [2.24, 2.45) is 0 Å². The van der Waals surface area contributed by atoms with Gasteiger partial charge in [-0.1, -0.05) is 6.08 Å². The Morgan fingerprint density at radius 2 is 2.03 bits per heavy atom. The van der Waals surface area contributed by atoms with E-state index in [1.807, 2.05) is 36.1 Å². The summed E-state index contributed by atoms with van der Waals surface area (Å²) in [7, 11) is 1.70. The highest BCUT2D eigenvalue weighted by molar-refractivity contribution is 7.18. The van der Waals surface area contributed by atoms with Crippen molar-refractivity contribution in [3.8, 4) is 5.75 Å². The molecule has 33 heavy (non-hydrogen) atoms. The number of benzene rings is 2. The number of carbonyl (C=O) groups is 1. The van der Waals surface area contributed by atoms with Crippen LogP contribution in [-0.4, -0.2) is 48.1 Å². The maximum atomic E-state index is 13.3. The summed E-state index contributed by atoms with van der Waals surface area (Å²) in [4.78, 5) is 22.2. The van der Waals surface area contributed by atoms with E-state index in [1.54, 1.807) is 18.4 Å². The minimum atomic E-state index is -0.195. The van der Waals surface area contributed by atoms with Crippen LogP contribution in [0, 0.1) is 6.92 Å². The third-order valence-corrected chi connectivity index (χ3v) is 7.82. The van der Waals surface area contributed by atoms with Crippen LogP contribution in [0.5, 0.6) is 5.75 Å². The average molecular weight is 463 g/mol. The number of anilines is 2. The predicted molar refractivity (Wildman–Crippen MR) is 136 cm³/mol. The topological polar surface area (TPSA) is 57.7 Å². The van der Waals surface area contributed by atoms with Gasteiger partial charge in [0.2, 0.25) is 0 Å². The number of amides is 1. The average Bonchev–Trinajstić information content (AvgIpc) is 3.22. The summed E-state index contributed by atoms with van der Waals surface area (Å²) in [6.07, 6.45) is 3.93. The number of fused-ring (bicyclic) bond motifs is 2. The SMILES string of the molecule is C/C=C1\N(CC)c2ccc(OC)cc2NC12CCN(C(=O)c1ccc3nc(C)sc3c1)CC2. The number of aromatic nitrogens is 1. The fraction of sp³-hybridized carbons (Fsp3) is 0.385. The summed E-state index contributed by atoms with van der Waals surface area (Å²) in [5.74, 6) is 0.947. The van der Waals surface area contributed by atoms with Crippen LogP contribution in [0.4, 0.5) is 11.4 Å². The molecule has 1 N–H and O–H groups in total. The number of likely N-dealkylation sites (tertiary alicyclic amines) is 1. The molecule has 0 atom stereocenters. The van der Waals surface area contributed by atoms with Gasteiger partial charge in [-0.3, -0.25) is 4.79 Å². The lowest BCUT2D eigenvalue weighted by atomic mass is 9.80. The molecule has 0 unspecified atom stereocenters. The number of piperidine rings is 1. The first kappa shape index (κ1) is 21.8. The molecule has 0 aliphatic carbocycles. The van der Waals surface area contributed by atoms with E-state index in [9.17, 15) is 4.79 Å². The van der Waals surface area contributed by atoms with Gasteiger partial charge in [0, 0.05) is 37.0 Å². The molecular formula is C26H30N4O2S. The highest BCUT2D eigenvalue weighted by Gasteiger charge is 2.44. The highest BCUT2D eigenvalue weighted by atomic mass is 32.1. The molecule has 2 aromatic carbocycles. The normalized spacial score (nSPS) is 18.5. The van der Waals surface area contributed by atoms with Crippen molar-refractivity contribution in [3.63, 3.8) is 0 Å². The van der Waals surface area contributed by atoms with Crippen molar-refractivity contribution in [2.75, 3.05) is 37.0 Å². The zero-order valence-corrected chi connectivity index (χ0v) is 20.5. The van der Waals surface area contributed by atoms with E-state index in [0.717, 1.165) is 51.6 Å². The van der Waals surface area contributed by atoms with Crippen molar-refractivity contribution in [1.29, 1.82) is 0 Å². The molecule has 1 spiro atoms. The molecule has 5 rings (SSSR count). The summed E-state index contributed by atoms with van der Waals surface area (Å²) in [5.41, 5.74) is 5.06. The number of methoxy groups -OCH3 is 1. The second-order valence-corrected chi connectivity index (χ2v) is 9.95. The Hall–Kier alpha value is -3.06. The summed E-state index contributed by atoms with van der Waals surface area (Å²) in [6, 6.07) is 12.1. The number of nitrogens with one attached hydrogen (secondary N) is 1. The smallest absolute Gasteiger partial charge is 0.253 e. The first-order valence-electron chi connectivity index (χ1n) is 11.5. The van der Waals surface area contributed by atoms with Crippen LogP contribution in [0.1, 0.15) is 42.1 Å². The molecule has 0 radical (unpaired) electrons. The quantitative estimate of drug-likeness (QED) is 0.561. The van der Waals surface area contributed by atoms with Crippen LogP contribution in [0.25, 0.3) is 10.2 Å². The zero-order chi connectivity index (χ0) is 23.2. The van der Waals surface area contributed by atoms with Crippen molar-refractivity contribution in [1.82, 2.24) is 9.88 Å². The largest absolute Gasteiger partial charge is 0.497 e. The number of nitrogens with zero attached hydrogens (tertiary/aromatic N) is 3. The minimum absolute atomic E-state index is 0.102. The lowest BCUT2D eigenvalue weighted by molar-refractivity contribution is 0.0694. The number of thiazole rings is 1. The molecule has 0 saturated carbocycles. The summed E-state index contributed by atoms with van der Waals surface area (Å²) in [5, 5.41) is 4.87. The Kier molecular flexibility index (Phi) is 5.52. The van der Waals surface area contributed by atoms with E-state index in [1.165, 1.54) is 11.4 Å². The molecule has 1 amide bonds. The van der Waals surface area contributed by atoms with E-state index < -0.39 is 0 Å². The fourth-order valence-electron chi connectivity index (χ4n) is 5.29. The summed E-state index contributed by atoms with van der Waals surface area (Å²) in [6.45, 7) is 8.60. The lowest BCUT2D eigenvalue weighted by Crippen LogP contribution is -2.57. The summed E-state index contributed by atoms with van der Waals surface area (Å²) < 4.78 is 6.55. The first-order chi connectivity index (χ1) is 16.0. The van der Waals surface area contributed by atoms with Crippen LogP contribution >= 0.6 is 11.3 Å². The van der Waals surface area contributed by atoms with E-state index in [0.29, 0.717) is 13.1 Å². The van der Waals surface area contributed by atoms with Gasteiger partial charge >= 0.3 is 0 Å². The van der Waals surface area contributed by atoms with Gasteiger partial charge < -0.3 is 19.9 Å². The van der Waals surface area contributed by atoms with Crippen molar-refractivity contribution in [2.45, 2.75) is 39.2 Å². The number of ether oxygens (including phenoxy) is 1. The molecular weight excluding hydrogens is 432 g/mol. The molecule has 2 aliphatic heterocycles. The monoisotopic (exact) mass is 462 g/mol. The van der Waals surface area contributed by atoms with E-state index in [4.69, 9.17) is 4.74 Å². The second kappa shape index (κ2) is 8.37. The zero-order valence-electron chi connectivity index (χ0n) is 19.6. The van der Waals surface area contributed by atoms with Gasteiger partial charge in [-0.25, -0.2) is 4.98 Å². The fourth-order valence-corrected chi connectivity index (χ4v) is 6.15. The van der Waals surface area contributed by atoms with Crippen LogP contribution < -0.4 is 15.0 Å². The Morgan fingerprint density at radius 1 is 1.24 bits per heavy atom. The predicted octanol–water partition coefficient (Wildman–Crippen LogP) is 5.44. The Balaban J connectivity index is 1.40. The number of rotatable bonds is 3. The van der Waals surface area contributed by atoms with Gasteiger partial charge in [0.15, 0.2) is 0 Å². The van der Waals surface area contributed by atoms with Crippen LogP contribution in [0.3, 0.4) is 0 Å². The molecule has 3 heterocycles. The number of likely N-dealkylation sites (N-methyl/N-ethyl adjacent to an activating group) is 1. The molecule has 1 saturated heterocycles. The molecule has 172 valence electrons. The minimum Gasteiger partial charge on any atom is -0.497 e. The number of hydrogen-bond acceptors (Lipinski definition) is 6. The third-order valence-electron chi connectivity index (χ3n) is 6.89. The molecule has 6 nitrogen and oxygen atoms in total. The number of carbonyl (C=O) groups excluding carboxylic acids is 1. The summed E-state index contributed by atoms with van der Waals surface area (Å²) >= 11 is 1.64.